The molecule has 168 valence electrons. The number of anilines is 2. The van der Waals surface area contributed by atoms with Gasteiger partial charge in [-0.15, -0.1) is 5.10 Å². The summed E-state index contributed by atoms with van der Waals surface area (Å²) in [4.78, 5) is 9.91. The Balaban J connectivity index is 1.40. The summed E-state index contributed by atoms with van der Waals surface area (Å²) in [5.41, 5.74) is 5.11. The van der Waals surface area contributed by atoms with Crippen LogP contribution in [0.1, 0.15) is 5.56 Å². The highest BCUT2D eigenvalue weighted by Gasteiger charge is 2.18. The number of rotatable bonds is 5. The second-order valence-electron chi connectivity index (χ2n) is 7.19. The van der Waals surface area contributed by atoms with E-state index in [4.69, 9.17) is 16.3 Å². The molecule has 0 saturated carbocycles. The molecule has 4 aromatic rings. The van der Waals surface area contributed by atoms with E-state index in [0.29, 0.717) is 37.6 Å². The SMILES string of the molecule is Oc1c(Cl)cc(-n2nnc3ccccc32)cc1/C=N/Nc1ncc(F)c(N2CCOCC2)n1. The van der Waals surface area contributed by atoms with Gasteiger partial charge in [0.15, 0.2) is 11.6 Å². The molecule has 33 heavy (non-hydrogen) atoms. The molecule has 0 unspecified atom stereocenters. The molecule has 2 aromatic carbocycles. The average molecular weight is 469 g/mol. The molecule has 0 aliphatic carbocycles. The van der Waals surface area contributed by atoms with Gasteiger partial charge in [0, 0.05) is 18.7 Å². The number of aromatic nitrogens is 5. The van der Waals surface area contributed by atoms with Crippen molar-refractivity contribution in [2.24, 2.45) is 5.10 Å². The predicted octanol–water partition coefficient (Wildman–Crippen LogP) is 2.99. The van der Waals surface area contributed by atoms with Crippen molar-refractivity contribution in [1.29, 1.82) is 0 Å². The summed E-state index contributed by atoms with van der Waals surface area (Å²) < 4.78 is 21.1. The number of halogens is 2. The molecule has 5 rings (SSSR count). The fourth-order valence-corrected chi connectivity index (χ4v) is 3.68. The number of nitrogens with zero attached hydrogens (tertiary/aromatic N) is 7. The number of benzene rings is 2. The van der Waals surface area contributed by atoms with Crippen LogP contribution in [0.4, 0.5) is 16.2 Å². The zero-order valence-corrected chi connectivity index (χ0v) is 17.9. The molecular formula is C21H18ClFN8O2. The lowest BCUT2D eigenvalue weighted by Crippen LogP contribution is -2.37. The van der Waals surface area contributed by atoms with Crippen molar-refractivity contribution < 1.29 is 14.2 Å². The molecule has 1 fully saturated rings. The van der Waals surface area contributed by atoms with Gasteiger partial charge in [-0.1, -0.05) is 28.9 Å². The molecule has 0 atom stereocenters. The Morgan fingerprint density at radius 3 is 2.88 bits per heavy atom. The fourth-order valence-electron chi connectivity index (χ4n) is 3.45. The number of phenolic OH excluding ortho intramolecular Hbond substituents is 1. The summed E-state index contributed by atoms with van der Waals surface area (Å²) in [6.45, 7) is 2.07. The van der Waals surface area contributed by atoms with Crippen LogP contribution in [0.3, 0.4) is 0 Å². The van der Waals surface area contributed by atoms with Crippen LogP contribution >= 0.6 is 11.6 Å². The Labute approximate surface area is 192 Å². The topological polar surface area (TPSA) is 114 Å². The largest absolute Gasteiger partial charge is 0.506 e. The van der Waals surface area contributed by atoms with Gasteiger partial charge in [-0.2, -0.15) is 10.1 Å². The number of aromatic hydroxyl groups is 1. The number of phenols is 1. The number of nitrogens with one attached hydrogen (secondary N) is 1. The number of hydrogen-bond donors (Lipinski definition) is 2. The van der Waals surface area contributed by atoms with Gasteiger partial charge in [0.05, 0.1) is 41.9 Å². The zero-order chi connectivity index (χ0) is 22.8. The first-order chi connectivity index (χ1) is 16.1. The smallest absolute Gasteiger partial charge is 0.245 e. The third kappa shape index (κ3) is 4.28. The molecule has 1 aliphatic heterocycles. The maximum absolute atomic E-state index is 14.2. The number of hydrogen-bond acceptors (Lipinski definition) is 9. The van der Waals surface area contributed by atoms with E-state index in [9.17, 15) is 9.50 Å². The first-order valence-corrected chi connectivity index (χ1v) is 10.5. The predicted molar refractivity (Wildman–Crippen MR) is 122 cm³/mol. The highest BCUT2D eigenvalue weighted by molar-refractivity contribution is 6.32. The standard InChI is InChI=1S/C21H18ClFN8O2/c22-15-10-14(31-18-4-2-1-3-17(18)27-29-31)9-13(19(15)32)11-25-28-21-24-12-16(23)20(26-21)30-5-7-33-8-6-30/h1-4,9-12,32H,5-8H2,(H,24,26,28)/b25-11+. The van der Waals surface area contributed by atoms with Gasteiger partial charge in [-0.3, -0.25) is 0 Å². The molecule has 1 saturated heterocycles. The van der Waals surface area contributed by atoms with Gasteiger partial charge >= 0.3 is 0 Å². The highest BCUT2D eigenvalue weighted by atomic mass is 35.5. The maximum Gasteiger partial charge on any atom is 0.245 e. The van der Waals surface area contributed by atoms with Crippen LogP contribution < -0.4 is 10.3 Å². The molecule has 0 bridgehead atoms. The zero-order valence-electron chi connectivity index (χ0n) is 17.2. The van der Waals surface area contributed by atoms with Crippen molar-refractivity contribution in [3.05, 3.63) is 59.0 Å². The third-order valence-corrected chi connectivity index (χ3v) is 5.37. The summed E-state index contributed by atoms with van der Waals surface area (Å²) in [5.74, 6) is -0.386. The lowest BCUT2D eigenvalue weighted by Gasteiger charge is -2.27. The van der Waals surface area contributed by atoms with Gasteiger partial charge in [-0.25, -0.2) is 19.5 Å². The molecule has 3 heterocycles. The van der Waals surface area contributed by atoms with Crippen molar-refractivity contribution >= 4 is 40.6 Å². The first-order valence-electron chi connectivity index (χ1n) is 10.1. The van der Waals surface area contributed by atoms with E-state index in [0.717, 1.165) is 17.2 Å². The molecule has 12 heteroatoms. The van der Waals surface area contributed by atoms with E-state index in [-0.39, 0.29) is 22.5 Å². The van der Waals surface area contributed by atoms with Gasteiger partial charge in [0.2, 0.25) is 5.95 Å². The molecule has 2 aromatic heterocycles. The lowest BCUT2D eigenvalue weighted by molar-refractivity contribution is 0.122. The van der Waals surface area contributed by atoms with E-state index >= 15 is 0 Å². The molecule has 0 radical (unpaired) electrons. The summed E-state index contributed by atoms with van der Waals surface area (Å²) >= 11 is 6.23. The molecule has 1 aliphatic rings. The molecule has 0 amide bonds. The minimum absolute atomic E-state index is 0.109. The Morgan fingerprint density at radius 2 is 2.03 bits per heavy atom. The number of para-hydroxylation sites is 1. The maximum atomic E-state index is 14.2. The lowest BCUT2D eigenvalue weighted by atomic mass is 10.2. The second-order valence-corrected chi connectivity index (χ2v) is 7.60. The minimum Gasteiger partial charge on any atom is -0.506 e. The highest BCUT2D eigenvalue weighted by Crippen LogP contribution is 2.30. The normalized spacial score (nSPS) is 14.3. The molecule has 0 spiro atoms. The van der Waals surface area contributed by atoms with Crippen molar-refractivity contribution in [3.63, 3.8) is 0 Å². The van der Waals surface area contributed by atoms with Crippen molar-refractivity contribution in [2.45, 2.75) is 0 Å². The van der Waals surface area contributed by atoms with Crippen LogP contribution in [-0.4, -0.2) is 62.6 Å². The molecular weight excluding hydrogens is 451 g/mol. The summed E-state index contributed by atoms with van der Waals surface area (Å²) in [5, 5.41) is 22.9. The van der Waals surface area contributed by atoms with Crippen LogP contribution in [0.15, 0.2) is 47.7 Å². The Hall–Kier alpha value is -3.83. The van der Waals surface area contributed by atoms with Gasteiger partial charge < -0.3 is 14.7 Å². The Kier molecular flexibility index (Phi) is 5.71. The van der Waals surface area contributed by atoms with Gasteiger partial charge in [0.25, 0.3) is 0 Å². The van der Waals surface area contributed by atoms with Crippen LogP contribution in [-0.2, 0) is 4.74 Å². The van der Waals surface area contributed by atoms with Crippen molar-refractivity contribution in [3.8, 4) is 11.4 Å². The van der Waals surface area contributed by atoms with Crippen LogP contribution in [0.2, 0.25) is 5.02 Å². The van der Waals surface area contributed by atoms with Crippen LogP contribution in [0.25, 0.3) is 16.7 Å². The molecule has 2 N–H and O–H groups in total. The van der Waals surface area contributed by atoms with E-state index in [2.05, 4.69) is 30.8 Å². The number of ether oxygens (including phenoxy) is 1. The van der Waals surface area contributed by atoms with E-state index < -0.39 is 5.82 Å². The van der Waals surface area contributed by atoms with Gasteiger partial charge in [-0.05, 0) is 24.3 Å². The Morgan fingerprint density at radius 1 is 1.21 bits per heavy atom. The monoisotopic (exact) mass is 468 g/mol. The van der Waals surface area contributed by atoms with Crippen LogP contribution in [0.5, 0.6) is 5.75 Å². The number of morpholine rings is 1. The van der Waals surface area contributed by atoms with E-state index in [1.165, 1.54) is 6.21 Å². The Bertz CT molecular complexity index is 1340. The average Bonchev–Trinajstić information content (AvgIpc) is 3.27. The number of fused-ring (bicyclic) bond motifs is 1. The van der Waals surface area contributed by atoms with Gasteiger partial charge in [0.1, 0.15) is 11.3 Å². The van der Waals surface area contributed by atoms with E-state index in [1.54, 1.807) is 21.7 Å². The summed E-state index contributed by atoms with van der Waals surface area (Å²) in [7, 11) is 0. The fraction of sp³-hybridized carbons (Fsp3) is 0.190. The van der Waals surface area contributed by atoms with Crippen LogP contribution in [0, 0.1) is 5.82 Å². The second kappa shape index (κ2) is 8.96. The first kappa shape index (κ1) is 21.0. The van der Waals surface area contributed by atoms with Crippen molar-refractivity contribution in [2.75, 3.05) is 36.6 Å². The molecule has 10 nitrogen and oxygen atoms in total. The summed E-state index contributed by atoms with van der Waals surface area (Å²) in [6.07, 6.45) is 2.45. The minimum atomic E-state index is -0.524. The number of hydrazone groups is 1. The van der Waals surface area contributed by atoms with E-state index in [1.807, 2.05) is 24.3 Å². The quantitative estimate of drug-likeness (QED) is 0.339. The van der Waals surface area contributed by atoms with Crippen molar-refractivity contribution in [1.82, 2.24) is 25.0 Å². The summed E-state index contributed by atoms with van der Waals surface area (Å²) in [6, 6.07) is 10.7. The third-order valence-electron chi connectivity index (χ3n) is 5.08.